The second-order valence-corrected chi connectivity index (χ2v) is 8.82. The van der Waals surface area contributed by atoms with Gasteiger partial charge in [-0.15, -0.1) is 11.8 Å². The quantitative estimate of drug-likeness (QED) is 0.740. The second kappa shape index (κ2) is 9.31. The zero-order chi connectivity index (χ0) is 19.3. The summed E-state index contributed by atoms with van der Waals surface area (Å²) in [4.78, 5) is 27.2. The molecule has 1 fully saturated rings. The normalized spacial score (nSPS) is 19.9. The first-order valence-corrected chi connectivity index (χ1v) is 10.3. The highest BCUT2D eigenvalue weighted by Crippen LogP contribution is 2.34. The maximum absolute atomic E-state index is 13.0. The van der Waals surface area contributed by atoms with Gasteiger partial charge in [0.1, 0.15) is 6.04 Å². The van der Waals surface area contributed by atoms with Crippen molar-refractivity contribution in [3.8, 4) is 0 Å². The number of hydrogen-bond donors (Lipinski definition) is 1. The average molecular weight is 379 g/mol. The van der Waals surface area contributed by atoms with Crippen molar-refractivity contribution in [1.29, 1.82) is 0 Å². The van der Waals surface area contributed by atoms with Crippen LogP contribution in [0.3, 0.4) is 0 Å². The summed E-state index contributed by atoms with van der Waals surface area (Å²) in [6, 6.07) is 6.88. The van der Waals surface area contributed by atoms with E-state index in [0.717, 1.165) is 17.7 Å². The van der Waals surface area contributed by atoms with Gasteiger partial charge in [0.2, 0.25) is 0 Å². The Morgan fingerprint density at radius 3 is 2.54 bits per heavy atom. The summed E-state index contributed by atoms with van der Waals surface area (Å²) in [5.41, 5.74) is 1.76. The van der Waals surface area contributed by atoms with Gasteiger partial charge in [-0.3, -0.25) is 4.90 Å². The van der Waals surface area contributed by atoms with E-state index in [2.05, 4.69) is 19.2 Å². The van der Waals surface area contributed by atoms with Gasteiger partial charge in [0, 0.05) is 11.4 Å². The molecule has 0 aliphatic carbocycles. The Bertz CT molecular complexity index is 633. The van der Waals surface area contributed by atoms with Crippen LogP contribution in [0, 0.1) is 18.8 Å². The minimum Gasteiger partial charge on any atom is -0.464 e. The minimum atomic E-state index is -0.536. The van der Waals surface area contributed by atoms with Crippen LogP contribution in [0.2, 0.25) is 0 Å². The number of rotatable bonds is 6. The van der Waals surface area contributed by atoms with Gasteiger partial charge in [-0.25, -0.2) is 9.59 Å². The molecule has 6 heteroatoms. The predicted octanol–water partition coefficient (Wildman–Crippen LogP) is 4.52. The third kappa shape index (κ3) is 5.40. The van der Waals surface area contributed by atoms with E-state index in [1.165, 1.54) is 0 Å². The van der Waals surface area contributed by atoms with Crippen molar-refractivity contribution in [1.82, 2.24) is 4.90 Å². The van der Waals surface area contributed by atoms with Gasteiger partial charge in [0.25, 0.3) is 0 Å². The van der Waals surface area contributed by atoms with E-state index in [1.807, 2.05) is 45.0 Å². The summed E-state index contributed by atoms with van der Waals surface area (Å²) in [6.07, 6.45) is 0.847. The molecule has 2 unspecified atom stereocenters. The number of para-hydroxylation sites is 1. The second-order valence-electron chi connectivity index (χ2n) is 7.61. The number of urea groups is 1. The van der Waals surface area contributed by atoms with Crippen LogP contribution in [0.15, 0.2) is 24.3 Å². The summed E-state index contributed by atoms with van der Waals surface area (Å²) in [6.45, 7) is 10.6. The topological polar surface area (TPSA) is 58.6 Å². The maximum atomic E-state index is 13.0. The summed E-state index contributed by atoms with van der Waals surface area (Å²) in [5, 5.41) is 2.95. The van der Waals surface area contributed by atoms with Crippen molar-refractivity contribution in [2.45, 2.75) is 52.5 Å². The Kier molecular flexibility index (Phi) is 7.38. The molecule has 1 aliphatic heterocycles. The lowest BCUT2D eigenvalue weighted by Crippen LogP contribution is -2.48. The minimum absolute atomic E-state index is 0.0179. The summed E-state index contributed by atoms with van der Waals surface area (Å²) in [5.74, 6) is 0.980. The predicted molar refractivity (Wildman–Crippen MR) is 107 cm³/mol. The maximum Gasteiger partial charge on any atom is 0.329 e. The van der Waals surface area contributed by atoms with Gasteiger partial charge < -0.3 is 10.1 Å². The third-order valence-corrected chi connectivity index (χ3v) is 5.53. The Morgan fingerprint density at radius 1 is 1.23 bits per heavy atom. The van der Waals surface area contributed by atoms with Crippen molar-refractivity contribution >= 4 is 29.4 Å². The first-order chi connectivity index (χ1) is 12.3. The van der Waals surface area contributed by atoms with Crippen LogP contribution in [0.25, 0.3) is 0 Å². The monoisotopic (exact) mass is 378 g/mol. The van der Waals surface area contributed by atoms with Crippen LogP contribution >= 0.6 is 11.8 Å². The lowest BCUT2D eigenvalue weighted by Gasteiger charge is -2.29. The van der Waals surface area contributed by atoms with Crippen LogP contribution in [-0.2, 0) is 9.53 Å². The first-order valence-electron chi connectivity index (χ1n) is 9.22. The highest BCUT2D eigenvalue weighted by molar-refractivity contribution is 8.00. The summed E-state index contributed by atoms with van der Waals surface area (Å²) < 4.78 is 5.42. The number of hydrogen-bond acceptors (Lipinski definition) is 4. The van der Waals surface area contributed by atoms with E-state index in [0.29, 0.717) is 18.3 Å². The number of thioether (sulfide) groups is 1. The lowest BCUT2D eigenvalue weighted by molar-refractivity contribution is -0.149. The highest BCUT2D eigenvalue weighted by atomic mass is 32.2. The third-order valence-electron chi connectivity index (χ3n) is 4.22. The fourth-order valence-electron chi connectivity index (χ4n) is 2.84. The average Bonchev–Trinajstić information content (AvgIpc) is 2.97. The molecule has 1 N–H and O–H groups in total. The van der Waals surface area contributed by atoms with Crippen LogP contribution in [0.5, 0.6) is 0 Å². The lowest BCUT2D eigenvalue weighted by atomic mass is 10.1. The fraction of sp³-hybridized carbons (Fsp3) is 0.600. The molecule has 1 heterocycles. The SMILES string of the molecule is Cc1ccccc1NC(=O)N1C(CC(C)C)SCC1C(=O)OCC(C)C. The number of aryl methyl sites for hydroxylation is 1. The number of nitrogens with one attached hydrogen (secondary N) is 1. The molecule has 1 saturated heterocycles. The Hall–Kier alpha value is -1.69. The van der Waals surface area contributed by atoms with Gasteiger partial charge in [-0.05, 0) is 36.8 Å². The van der Waals surface area contributed by atoms with E-state index < -0.39 is 6.04 Å². The van der Waals surface area contributed by atoms with Crippen LogP contribution in [0.4, 0.5) is 10.5 Å². The smallest absolute Gasteiger partial charge is 0.329 e. The number of anilines is 1. The van der Waals surface area contributed by atoms with Crippen molar-refractivity contribution in [3.05, 3.63) is 29.8 Å². The van der Waals surface area contributed by atoms with Gasteiger partial charge >= 0.3 is 12.0 Å². The van der Waals surface area contributed by atoms with Crippen LogP contribution in [-0.4, -0.2) is 40.7 Å². The molecule has 1 aromatic rings. The van der Waals surface area contributed by atoms with Gasteiger partial charge in [-0.1, -0.05) is 45.9 Å². The van der Waals surface area contributed by atoms with Crippen molar-refractivity contribution in [3.63, 3.8) is 0 Å². The van der Waals surface area contributed by atoms with Crippen LogP contribution < -0.4 is 5.32 Å². The van der Waals surface area contributed by atoms with Gasteiger partial charge in [0.05, 0.1) is 12.0 Å². The molecule has 0 bridgehead atoms. The highest BCUT2D eigenvalue weighted by Gasteiger charge is 2.42. The molecule has 26 heavy (non-hydrogen) atoms. The summed E-state index contributed by atoms with van der Waals surface area (Å²) >= 11 is 1.66. The zero-order valence-electron chi connectivity index (χ0n) is 16.3. The first kappa shape index (κ1) is 20.6. The molecule has 0 radical (unpaired) electrons. The molecule has 0 saturated carbocycles. The van der Waals surface area contributed by atoms with E-state index in [9.17, 15) is 9.59 Å². The molecule has 2 atom stereocenters. The molecule has 2 rings (SSSR count). The van der Waals surface area contributed by atoms with E-state index in [-0.39, 0.29) is 23.3 Å². The summed E-state index contributed by atoms with van der Waals surface area (Å²) in [7, 11) is 0. The molecule has 0 aromatic heterocycles. The molecule has 0 spiro atoms. The number of ether oxygens (including phenoxy) is 1. The van der Waals surface area contributed by atoms with E-state index in [1.54, 1.807) is 16.7 Å². The van der Waals surface area contributed by atoms with E-state index in [4.69, 9.17) is 4.74 Å². The Balaban J connectivity index is 2.16. The number of carbonyl (C=O) groups is 2. The van der Waals surface area contributed by atoms with E-state index >= 15 is 0 Å². The zero-order valence-corrected chi connectivity index (χ0v) is 17.1. The Labute approximate surface area is 160 Å². The number of esters is 1. The van der Waals surface area contributed by atoms with Crippen molar-refractivity contribution < 1.29 is 14.3 Å². The molecule has 5 nitrogen and oxygen atoms in total. The Morgan fingerprint density at radius 2 is 1.92 bits per heavy atom. The molecular formula is C20H30N2O3S. The molecule has 2 amide bonds. The standard InChI is InChI=1S/C20H30N2O3S/c1-13(2)10-18-22(17(12-26-18)19(23)25-11-14(3)4)20(24)21-16-9-7-6-8-15(16)5/h6-9,13-14,17-18H,10-12H2,1-5H3,(H,21,24). The molecule has 144 valence electrons. The van der Waals surface area contributed by atoms with Crippen LogP contribution in [0.1, 0.15) is 39.7 Å². The molecule has 1 aromatic carbocycles. The molecule has 1 aliphatic rings. The number of nitrogens with zero attached hydrogens (tertiary/aromatic N) is 1. The van der Waals surface area contributed by atoms with Gasteiger partial charge in [-0.2, -0.15) is 0 Å². The number of amides is 2. The van der Waals surface area contributed by atoms with Crippen molar-refractivity contribution in [2.75, 3.05) is 17.7 Å². The fourth-order valence-corrected chi connectivity index (χ4v) is 4.47. The largest absolute Gasteiger partial charge is 0.464 e. The number of carbonyl (C=O) groups excluding carboxylic acids is 2. The molecular weight excluding hydrogens is 348 g/mol. The van der Waals surface area contributed by atoms with Crippen molar-refractivity contribution in [2.24, 2.45) is 11.8 Å². The number of benzene rings is 1. The van der Waals surface area contributed by atoms with Gasteiger partial charge in [0.15, 0.2) is 0 Å².